The van der Waals surface area contributed by atoms with Crippen LogP contribution in [0.2, 0.25) is 0 Å². The monoisotopic (exact) mass is 293 g/mol. The van der Waals surface area contributed by atoms with Gasteiger partial charge in [-0.05, 0) is 29.8 Å². The van der Waals surface area contributed by atoms with Crippen molar-refractivity contribution in [1.82, 2.24) is 4.98 Å². The Morgan fingerprint density at radius 2 is 2.53 bits per heavy atom. The fourth-order valence-corrected chi connectivity index (χ4v) is 2.25. The molecule has 0 amide bonds. The minimum Gasteiger partial charge on any atom is -0.473 e. The van der Waals surface area contributed by atoms with Crippen LogP contribution in [0, 0.1) is 0 Å². The second-order valence-corrected chi connectivity index (χ2v) is 5.87. The first-order valence-corrected chi connectivity index (χ1v) is 6.28. The van der Waals surface area contributed by atoms with E-state index in [1.165, 1.54) is 11.3 Å². The van der Waals surface area contributed by atoms with Gasteiger partial charge in [0, 0.05) is 0 Å². The van der Waals surface area contributed by atoms with Gasteiger partial charge in [-0.2, -0.15) is 0 Å². The summed E-state index contributed by atoms with van der Waals surface area (Å²) in [6, 6.07) is 0. The molecule has 6 heteroatoms. The number of halogens is 1. The van der Waals surface area contributed by atoms with E-state index >= 15 is 0 Å². The number of rotatable bonds is 3. The average molecular weight is 294 g/mol. The first kappa shape index (κ1) is 11.3. The summed E-state index contributed by atoms with van der Waals surface area (Å²) in [6.07, 6.45) is -0.0198. The van der Waals surface area contributed by atoms with E-state index in [0.29, 0.717) is 19.1 Å². The SMILES string of the molecule is CC1(C)OC[C@H](COc2ncsc2Br)O1. The van der Waals surface area contributed by atoms with Gasteiger partial charge in [-0.25, -0.2) is 4.98 Å². The van der Waals surface area contributed by atoms with Crippen LogP contribution < -0.4 is 4.74 Å². The smallest absolute Gasteiger partial charge is 0.239 e. The van der Waals surface area contributed by atoms with Crippen LogP contribution in [0.4, 0.5) is 0 Å². The van der Waals surface area contributed by atoms with Gasteiger partial charge < -0.3 is 14.2 Å². The molecule has 4 nitrogen and oxygen atoms in total. The second kappa shape index (κ2) is 4.37. The average Bonchev–Trinajstić information content (AvgIpc) is 2.69. The van der Waals surface area contributed by atoms with Crippen molar-refractivity contribution in [1.29, 1.82) is 0 Å². The minimum atomic E-state index is -0.493. The van der Waals surface area contributed by atoms with Crippen LogP contribution in [0.25, 0.3) is 0 Å². The molecule has 15 heavy (non-hydrogen) atoms. The molecule has 0 unspecified atom stereocenters. The van der Waals surface area contributed by atoms with Crippen molar-refractivity contribution >= 4 is 27.3 Å². The lowest BCUT2D eigenvalue weighted by atomic mass is 10.4. The Morgan fingerprint density at radius 3 is 3.07 bits per heavy atom. The largest absolute Gasteiger partial charge is 0.473 e. The second-order valence-electron chi connectivity index (χ2n) is 3.69. The predicted octanol–water partition coefficient (Wildman–Crippen LogP) is 2.44. The Morgan fingerprint density at radius 1 is 1.73 bits per heavy atom. The van der Waals surface area contributed by atoms with Crippen LogP contribution in [0.5, 0.6) is 5.88 Å². The van der Waals surface area contributed by atoms with E-state index in [4.69, 9.17) is 14.2 Å². The van der Waals surface area contributed by atoms with Crippen molar-refractivity contribution in [3.05, 3.63) is 9.30 Å². The van der Waals surface area contributed by atoms with E-state index in [-0.39, 0.29) is 6.10 Å². The van der Waals surface area contributed by atoms with Gasteiger partial charge in [0.15, 0.2) is 5.79 Å². The van der Waals surface area contributed by atoms with E-state index < -0.39 is 5.79 Å². The lowest BCUT2D eigenvalue weighted by Gasteiger charge is -2.16. The summed E-state index contributed by atoms with van der Waals surface area (Å²) in [7, 11) is 0. The molecule has 0 bridgehead atoms. The highest BCUT2D eigenvalue weighted by molar-refractivity contribution is 9.11. The predicted molar refractivity (Wildman–Crippen MR) is 60.2 cm³/mol. The molecule has 1 atom stereocenters. The third-order valence-corrected chi connectivity index (χ3v) is 3.46. The van der Waals surface area contributed by atoms with E-state index in [0.717, 1.165) is 3.79 Å². The highest BCUT2D eigenvalue weighted by Gasteiger charge is 2.33. The highest BCUT2D eigenvalue weighted by atomic mass is 79.9. The molecule has 1 fully saturated rings. The first-order chi connectivity index (χ1) is 7.07. The van der Waals surface area contributed by atoms with Crippen LogP contribution in [0.1, 0.15) is 13.8 Å². The normalized spacial score (nSPS) is 24.3. The summed E-state index contributed by atoms with van der Waals surface area (Å²) in [4.78, 5) is 4.07. The summed E-state index contributed by atoms with van der Waals surface area (Å²) in [5, 5.41) is 0. The van der Waals surface area contributed by atoms with Crippen molar-refractivity contribution in [2.24, 2.45) is 0 Å². The summed E-state index contributed by atoms with van der Waals surface area (Å²) in [5.74, 6) is 0.126. The van der Waals surface area contributed by atoms with Crippen molar-refractivity contribution in [2.45, 2.75) is 25.7 Å². The van der Waals surface area contributed by atoms with Gasteiger partial charge in [0.25, 0.3) is 0 Å². The summed E-state index contributed by atoms with van der Waals surface area (Å²) in [6.45, 7) is 4.82. The van der Waals surface area contributed by atoms with E-state index in [9.17, 15) is 0 Å². The molecule has 1 saturated heterocycles. The lowest BCUT2D eigenvalue weighted by molar-refractivity contribution is -0.141. The molecule has 1 aromatic rings. The Balaban J connectivity index is 1.83. The van der Waals surface area contributed by atoms with Gasteiger partial charge in [0.05, 0.1) is 12.1 Å². The number of hydrogen-bond acceptors (Lipinski definition) is 5. The number of aromatic nitrogens is 1. The molecule has 0 spiro atoms. The molecule has 1 aliphatic heterocycles. The summed E-state index contributed by atoms with van der Waals surface area (Å²) in [5.41, 5.74) is 1.73. The van der Waals surface area contributed by atoms with Gasteiger partial charge >= 0.3 is 0 Å². The number of ether oxygens (including phenoxy) is 3. The number of nitrogens with zero attached hydrogens (tertiary/aromatic N) is 1. The van der Waals surface area contributed by atoms with Gasteiger partial charge in [0.1, 0.15) is 16.5 Å². The Hall–Kier alpha value is -0.170. The number of thiazole rings is 1. The van der Waals surface area contributed by atoms with Crippen LogP contribution in [0.3, 0.4) is 0 Å². The molecule has 2 rings (SSSR count). The fourth-order valence-electron chi connectivity index (χ4n) is 1.33. The quantitative estimate of drug-likeness (QED) is 0.858. The molecule has 0 saturated carbocycles. The molecule has 0 aliphatic carbocycles. The molecule has 84 valence electrons. The van der Waals surface area contributed by atoms with Gasteiger partial charge in [-0.15, -0.1) is 11.3 Å². The maximum atomic E-state index is 5.60. The standard InChI is InChI=1S/C9H12BrNO3S/c1-9(2)13-4-6(14-9)3-12-8-7(10)15-5-11-8/h5-6H,3-4H2,1-2H3/t6-/m0/s1. The summed E-state index contributed by atoms with van der Waals surface area (Å²) >= 11 is 4.85. The molecule has 0 N–H and O–H groups in total. The van der Waals surface area contributed by atoms with Crippen LogP contribution in [-0.4, -0.2) is 30.1 Å². The van der Waals surface area contributed by atoms with E-state index in [2.05, 4.69) is 20.9 Å². The van der Waals surface area contributed by atoms with E-state index in [1.54, 1.807) is 5.51 Å². The van der Waals surface area contributed by atoms with Crippen molar-refractivity contribution in [2.75, 3.05) is 13.2 Å². The lowest BCUT2D eigenvalue weighted by Crippen LogP contribution is -2.25. The topological polar surface area (TPSA) is 40.6 Å². The molecule has 0 radical (unpaired) electrons. The van der Waals surface area contributed by atoms with Crippen molar-refractivity contribution < 1.29 is 14.2 Å². The molecular formula is C9H12BrNO3S. The van der Waals surface area contributed by atoms with E-state index in [1.807, 2.05) is 13.8 Å². The maximum Gasteiger partial charge on any atom is 0.239 e. The first-order valence-electron chi connectivity index (χ1n) is 4.60. The van der Waals surface area contributed by atoms with Gasteiger partial charge in [-0.1, -0.05) is 0 Å². The van der Waals surface area contributed by atoms with Crippen LogP contribution >= 0.6 is 27.3 Å². The third kappa shape index (κ3) is 2.90. The molecule has 1 aliphatic rings. The zero-order valence-corrected chi connectivity index (χ0v) is 10.9. The zero-order chi connectivity index (χ0) is 10.9. The highest BCUT2D eigenvalue weighted by Crippen LogP contribution is 2.28. The van der Waals surface area contributed by atoms with Crippen LogP contribution in [-0.2, 0) is 9.47 Å². The molecule has 0 aromatic carbocycles. The maximum absolute atomic E-state index is 5.60. The van der Waals surface area contributed by atoms with Crippen LogP contribution in [0.15, 0.2) is 9.30 Å². The fraction of sp³-hybridized carbons (Fsp3) is 0.667. The molecule has 1 aromatic heterocycles. The van der Waals surface area contributed by atoms with Gasteiger partial charge in [-0.3, -0.25) is 0 Å². The van der Waals surface area contributed by atoms with Crippen molar-refractivity contribution in [3.8, 4) is 5.88 Å². The molecule has 2 heterocycles. The molecular weight excluding hydrogens is 282 g/mol. The van der Waals surface area contributed by atoms with Gasteiger partial charge in [0.2, 0.25) is 5.88 Å². The Kier molecular flexibility index (Phi) is 3.30. The Labute approximate surface area is 101 Å². The zero-order valence-electron chi connectivity index (χ0n) is 8.53. The Bertz CT molecular complexity index is 342. The summed E-state index contributed by atoms with van der Waals surface area (Å²) < 4.78 is 17.4. The number of hydrogen-bond donors (Lipinski definition) is 0. The third-order valence-electron chi connectivity index (χ3n) is 1.97. The van der Waals surface area contributed by atoms with Crippen molar-refractivity contribution in [3.63, 3.8) is 0 Å². The minimum absolute atomic E-state index is 0.0198.